The normalized spacial score (nSPS) is 24.1. The van der Waals surface area contributed by atoms with Crippen LogP contribution in [-0.2, 0) is 4.79 Å². The molecule has 0 atom stereocenters. The first-order chi connectivity index (χ1) is 8.24. The number of rotatable bonds is 5. The molecule has 2 aliphatic carbocycles. The van der Waals surface area contributed by atoms with E-state index in [0.717, 1.165) is 12.8 Å². The molecule has 0 radical (unpaired) electrons. The standard InChI is InChI=1S/C14H25NO2/c16-11-14(7-3-4-8-14)10-15-13(17)9-12-5-1-2-6-12/h12,16H,1-11H2,(H,15,17). The lowest BCUT2D eigenvalue weighted by Crippen LogP contribution is -2.38. The van der Waals surface area contributed by atoms with Crippen molar-refractivity contribution in [2.24, 2.45) is 11.3 Å². The van der Waals surface area contributed by atoms with E-state index < -0.39 is 0 Å². The molecule has 2 fully saturated rings. The second kappa shape index (κ2) is 5.85. The van der Waals surface area contributed by atoms with Crippen LogP contribution in [0.15, 0.2) is 0 Å². The lowest BCUT2D eigenvalue weighted by atomic mass is 9.87. The molecule has 0 spiro atoms. The summed E-state index contributed by atoms with van der Waals surface area (Å²) in [6.45, 7) is 0.895. The molecule has 98 valence electrons. The number of carbonyl (C=O) groups excluding carboxylic acids is 1. The van der Waals surface area contributed by atoms with Gasteiger partial charge in [0.15, 0.2) is 0 Å². The highest BCUT2D eigenvalue weighted by Crippen LogP contribution is 2.37. The minimum atomic E-state index is -0.00860. The fourth-order valence-electron chi connectivity index (χ4n) is 3.35. The molecular formula is C14H25NO2. The first-order valence-electron chi connectivity index (χ1n) is 7.12. The molecule has 0 unspecified atom stereocenters. The molecular weight excluding hydrogens is 214 g/mol. The molecule has 3 nitrogen and oxygen atoms in total. The van der Waals surface area contributed by atoms with E-state index in [1.807, 2.05) is 0 Å². The van der Waals surface area contributed by atoms with Crippen molar-refractivity contribution < 1.29 is 9.90 Å². The first-order valence-corrected chi connectivity index (χ1v) is 7.12. The Morgan fingerprint density at radius 1 is 1.18 bits per heavy atom. The Balaban J connectivity index is 1.71. The van der Waals surface area contributed by atoms with Crippen molar-refractivity contribution in [1.82, 2.24) is 5.32 Å². The van der Waals surface area contributed by atoms with Crippen LogP contribution in [0.4, 0.5) is 0 Å². The maximum atomic E-state index is 11.8. The van der Waals surface area contributed by atoms with Gasteiger partial charge in [0.05, 0.1) is 6.61 Å². The molecule has 0 aromatic heterocycles. The lowest BCUT2D eigenvalue weighted by molar-refractivity contribution is -0.122. The van der Waals surface area contributed by atoms with Crippen molar-refractivity contribution in [3.63, 3.8) is 0 Å². The van der Waals surface area contributed by atoms with Gasteiger partial charge in [-0.25, -0.2) is 0 Å². The van der Waals surface area contributed by atoms with Gasteiger partial charge in [-0.2, -0.15) is 0 Å². The predicted octanol–water partition coefficient (Wildman–Crippen LogP) is 2.24. The van der Waals surface area contributed by atoms with Crippen molar-refractivity contribution in [2.45, 2.75) is 57.8 Å². The number of carbonyl (C=O) groups is 1. The van der Waals surface area contributed by atoms with Gasteiger partial charge in [0, 0.05) is 18.4 Å². The molecule has 0 aromatic carbocycles. The van der Waals surface area contributed by atoms with Crippen LogP contribution >= 0.6 is 0 Å². The Morgan fingerprint density at radius 3 is 2.41 bits per heavy atom. The van der Waals surface area contributed by atoms with Gasteiger partial charge in [0.1, 0.15) is 0 Å². The maximum Gasteiger partial charge on any atom is 0.220 e. The molecule has 3 heteroatoms. The Labute approximate surface area is 104 Å². The highest BCUT2D eigenvalue weighted by atomic mass is 16.3. The van der Waals surface area contributed by atoms with Crippen LogP contribution in [0.1, 0.15) is 57.8 Å². The van der Waals surface area contributed by atoms with Crippen molar-refractivity contribution in [2.75, 3.05) is 13.2 Å². The summed E-state index contributed by atoms with van der Waals surface area (Å²) >= 11 is 0. The Bertz CT molecular complexity index is 253. The Kier molecular flexibility index (Phi) is 4.43. The van der Waals surface area contributed by atoms with Crippen LogP contribution in [0.3, 0.4) is 0 Å². The summed E-state index contributed by atoms with van der Waals surface area (Å²) in [7, 11) is 0. The first kappa shape index (κ1) is 12.9. The quantitative estimate of drug-likeness (QED) is 0.773. The van der Waals surface area contributed by atoms with Gasteiger partial charge in [-0.3, -0.25) is 4.79 Å². The van der Waals surface area contributed by atoms with Gasteiger partial charge in [-0.15, -0.1) is 0 Å². The average Bonchev–Trinajstić information content (AvgIpc) is 2.98. The SMILES string of the molecule is O=C(CC1CCCC1)NCC1(CO)CCCC1. The van der Waals surface area contributed by atoms with Gasteiger partial charge in [0.2, 0.25) is 5.91 Å². The van der Waals surface area contributed by atoms with Crippen LogP contribution in [0.25, 0.3) is 0 Å². The van der Waals surface area contributed by atoms with Gasteiger partial charge < -0.3 is 10.4 Å². The summed E-state index contributed by atoms with van der Waals surface area (Å²) in [5.41, 5.74) is -0.00860. The second-order valence-electron chi connectivity index (χ2n) is 6.00. The summed E-state index contributed by atoms with van der Waals surface area (Å²) in [5.74, 6) is 0.806. The van der Waals surface area contributed by atoms with Crippen molar-refractivity contribution in [3.8, 4) is 0 Å². The zero-order valence-corrected chi connectivity index (χ0v) is 10.7. The number of aliphatic hydroxyl groups excluding tert-OH is 1. The van der Waals surface area contributed by atoms with Crippen LogP contribution in [0.2, 0.25) is 0 Å². The van der Waals surface area contributed by atoms with Crippen molar-refractivity contribution in [1.29, 1.82) is 0 Å². The molecule has 0 aliphatic heterocycles. The molecule has 0 bridgehead atoms. The van der Waals surface area contributed by atoms with Crippen LogP contribution in [-0.4, -0.2) is 24.2 Å². The minimum absolute atomic E-state index is 0.00860. The lowest BCUT2D eigenvalue weighted by Gasteiger charge is -2.26. The number of hydrogen-bond donors (Lipinski definition) is 2. The fourth-order valence-corrected chi connectivity index (χ4v) is 3.35. The van der Waals surface area contributed by atoms with E-state index in [1.54, 1.807) is 0 Å². The number of nitrogens with one attached hydrogen (secondary N) is 1. The molecule has 17 heavy (non-hydrogen) atoms. The van der Waals surface area contributed by atoms with Crippen LogP contribution in [0.5, 0.6) is 0 Å². The van der Waals surface area contributed by atoms with Gasteiger partial charge >= 0.3 is 0 Å². The summed E-state index contributed by atoms with van der Waals surface area (Å²) in [4.78, 5) is 11.8. The monoisotopic (exact) mass is 239 g/mol. The largest absolute Gasteiger partial charge is 0.396 e. The molecule has 2 saturated carbocycles. The molecule has 2 N–H and O–H groups in total. The van der Waals surface area contributed by atoms with E-state index >= 15 is 0 Å². The third-order valence-corrected chi connectivity index (χ3v) is 4.61. The Morgan fingerprint density at radius 2 is 1.82 bits per heavy atom. The summed E-state index contributed by atoms with van der Waals surface area (Å²) < 4.78 is 0. The summed E-state index contributed by atoms with van der Waals surface area (Å²) in [6, 6.07) is 0. The van der Waals surface area contributed by atoms with E-state index in [2.05, 4.69) is 5.32 Å². The molecule has 0 heterocycles. The zero-order chi connectivity index (χ0) is 12.1. The van der Waals surface area contributed by atoms with Gasteiger partial charge in [-0.05, 0) is 31.6 Å². The van der Waals surface area contributed by atoms with E-state index in [1.165, 1.54) is 38.5 Å². The van der Waals surface area contributed by atoms with Gasteiger partial charge in [0.25, 0.3) is 0 Å². The smallest absolute Gasteiger partial charge is 0.220 e. The van der Waals surface area contributed by atoms with E-state index in [-0.39, 0.29) is 17.9 Å². The van der Waals surface area contributed by atoms with Gasteiger partial charge in [-0.1, -0.05) is 25.7 Å². The van der Waals surface area contributed by atoms with E-state index in [0.29, 0.717) is 18.9 Å². The third kappa shape index (κ3) is 3.44. The summed E-state index contributed by atoms with van der Waals surface area (Å²) in [5, 5.41) is 12.5. The summed E-state index contributed by atoms with van der Waals surface area (Å²) in [6.07, 6.45) is 10.2. The molecule has 2 aliphatic rings. The van der Waals surface area contributed by atoms with Crippen LogP contribution < -0.4 is 5.32 Å². The number of aliphatic hydroxyl groups is 1. The second-order valence-corrected chi connectivity index (χ2v) is 6.00. The number of amides is 1. The number of hydrogen-bond acceptors (Lipinski definition) is 2. The fraction of sp³-hybridized carbons (Fsp3) is 0.929. The van der Waals surface area contributed by atoms with Crippen molar-refractivity contribution in [3.05, 3.63) is 0 Å². The van der Waals surface area contributed by atoms with Crippen LogP contribution in [0, 0.1) is 11.3 Å². The average molecular weight is 239 g/mol. The molecule has 0 saturated heterocycles. The predicted molar refractivity (Wildman–Crippen MR) is 67.6 cm³/mol. The topological polar surface area (TPSA) is 49.3 Å². The molecule has 2 rings (SSSR count). The van der Waals surface area contributed by atoms with Crippen molar-refractivity contribution >= 4 is 5.91 Å². The highest BCUT2D eigenvalue weighted by Gasteiger charge is 2.33. The highest BCUT2D eigenvalue weighted by molar-refractivity contribution is 5.76. The third-order valence-electron chi connectivity index (χ3n) is 4.61. The van der Waals surface area contributed by atoms with E-state index in [9.17, 15) is 9.90 Å². The van der Waals surface area contributed by atoms with E-state index in [4.69, 9.17) is 0 Å². The minimum Gasteiger partial charge on any atom is -0.396 e. The maximum absolute atomic E-state index is 11.8. The zero-order valence-electron chi connectivity index (χ0n) is 10.7. The molecule has 0 aromatic rings. The molecule has 1 amide bonds. The Hall–Kier alpha value is -0.570.